The summed E-state index contributed by atoms with van der Waals surface area (Å²) in [6.07, 6.45) is 23.4. The van der Waals surface area contributed by atoms with E-state index in [9.17, 15) is 9.46 Å². The number of allylic oxidation sites excluding steroid dienone is 1. The molecule has 0 aliphatic rings. The molecule has 174 valence electrons. The first-order valence-electron chi connectivity index (χ1n) is 12.2. The van der Waals surface area contributed by atoms with Crippen LogP contribution in [0.5, 0.6) is 0 Å². The van der Waals surface area contributed by atoms with Crippen molar-refractivity contribution in [1.29, 1.82) is 0 Å². The third kappa shape index (κ3) is 16.1. The zero-order valence-electron chi connectivity index (χ0n) is 20.2. The van der Waals surface area contributed by atoms with Gasteiger partial charge in [0.25, 0.3) is 0 Å². The van der Waals surface area contributed by atoms with E-state index in [1.165, 1.54) is 83.3 Å². The van der Waals surface area contributed by atoms with E-state index in [2.05, 4.69) is 6.92 Å². The molecular formula is C24H51NO3P+. The van der Waals surface area contributed by atoms with Gasteiger partial charge in [-0.05, 0) is 25.3 Å². The second-order valence-electron chi connectivity index (χ2n) is 9.46. The summed E-state index contributed by atoms with van der Waals surface area (Å²) in [6.45, 7) is 4.31. The third-order valence-corrected chi connectivity index (χ3v) is 7.73. The van der Waals surface area contributed by atoms with Gasteiger partial charge in [-0.2, -0.15) is 0 Å². The molecule has 0 fully saturated rings. The van der Waals surface area contributed by atoms with Gasteiger partial charge in [0, 0.05) is 6.42 Å². The lowest BCUT2D eigenvalue weighted by atomic mass is 10.0. The van der Waals surface area contributed by atoms with Crippen LogP contribution in [0.2, 0.25) is 0 Å². The van der Waals surface area contributed by atoms with Gasteiger partial charge in [-0.25, -0.2) is 4.57 Å². The van der Waals surface area contributed by atoms with Gasteiger partial charge in [0.2, 0.25) is 5.78 Å². The van der Waals surface area contributed by atoms with Crippen molar-refractivity contribution in [3.8, 4) is 0 Å². The standard InChI is InChI=1S/C24H50NO3P/c1-6-8-9-10-11-12-13-14-15-16-17-18-19-20-21-23-28-29(26,27)24(22-7-2)25(3,4)5/h21,23-24H,6-20,22H2,1-5H3/p+1. The molecular weight excluding hydrogens is 381 g/mol. The first-order valence-corrected chi connectivity index (χ1v) is 13.9. The molecule has 2 unspecified atom stereocenters. The Balaban J connectivity index is 3.68. The summed E-state index contributed by atoms with van der Waals surface area (Å²) in [7, 11) is 2.20. The predicted octanol–water partition coefficient (Wildman–Crippen LogP) is 8.02. The fraction of sp³-hybridized carbons (Fsp3) is 0.917. The van der Waals surface area contributed by atoms with Crippen molar-refractivity contribution in [3.63, 3.8) is 0 Å². The van der Waals surface area contributed by atoms with Gasteiger partial charge in [0.05, 0.1) is 27.4 Å². The Morgan fingerprint density at radius 3 is 1.66 bits per heavy atom. The summed E-state index contributed by atoms with van der Waals surface area (Å²) in [5.74, 6) is -0.381. The highest BCUT2D eigenvalue weighted by atomic mass is 31.2. The minimum absolute atomic E-state index is 0.381. The van der Waals surface area contributed by atoms with Crippen LogP contribution in [0.3, 0.4) is 0 Å². The second-order valence-corrected chi connectivity index (χ2v) is 11.4. The van der Waals surface area contributed by atoms with Crippen LogP contribution in [0.25, 0.3) is 0 Å². The van der Waals surface area contributed by atoms with Crippen molar-refractivity contribution in [2.45, 2.75) is 122 Å². The SMILES string of the molecule is CCCCCCCCCCCCCCCC=COP(=O)(O)C(CCC)[N+](C)(C)C. The average molecular weight is 433 g/mol. The molecule has 0 bridgehead atoms. The fourth-order valence-electron chi connectivity index (χ4n) is 3.79. The monoisotopic (exact) mass is 432 g/mol. The molecule has 1 N–H and O–H groups in total. The predicted molar refractivity (Wildman–Crippen MR) is 127 cm³/mol. The smallest absolute Gasteiger partial charge is 0.429 e. The number of quaternary nitrogens is 1. The molecule has 0 aromatic carbocycles. The van der Waals surface area contributed by atoms with Crippen LogP contribution in [0.15, 0.2) is 12.3 Å². The summed E-state index contributed by atoms with van der Waals surface area (Å²) >= 11 is 0. The highest BCUT2D eigenvalue weighted by molar-refractivity contribution is 7.53. The van der Waals surface area contributed by atoms with Gasteiger partial charge in [-0.3, -0.25) is 0 Å². The van der Waals surface area contributed by atoms with Gasteiger partial charge >= 0.3 is 7.60 Å². The molecule has 0 aromatic rings. The average Bonchev–Trinajstić information content (AvgIpc) is 2.64. The molecule has 4 nitrogen and oxygen atoms in total. The molecule has 0 aliphatic heterocycles. The normalized spacial score (nSPS) is 15.5. The molecule has 0 heterocycles. The van der Waals surface area contributed by atoms with Crippen LogP contribution < -0.4 is 0 Å². The molecule has 0 saturated heterocycles. The van der Waals surface area contributed by atoms with Gasteiger partial charge in [0.1, 0.15) is 0 Å². The van der Waals surface area contributed by atoms with E-state index >= 15 is 0 Å². The molecule has 0 aliphatic carbocycles. The van der Waals surface area contributed by atoms with Crippen molar-refractivity contribution in [2.75, 3.05) is 21.1 Å². The van der Waals surface area contributed by atoms with E-state index in [-0.39, 0.29) is 5.78 Å². The Morgan fingerprint density at radius 1 is 0.793 bits per heavy atom. The molecule has 29 heavy (non-hydrogen) atoms. The van der Waals surface area contributed by atoms with Crippen LogP contribution >= 0.6 is 7.60 Å². The first kappa shape index (κ1) is 28.7. The number of hydrogen-bond acceptors (Lipinski definition) is 2. The summed E-state index contributed by atoms with van der Waals surface area (Å²) in [4.78, 5) is 10.3. The number of nitrogens with zero attached hydrogens (tertiary/aromatic N) is 1. The molecule has 0 aromatic heterocycles. The molecule has 0 amide bonds. The van der Waals surface area contributed by atoms with Crippen molar-refractivity contribution in [3.05, 3.63) is 12.3 Å². The van der Waals surface area contributed by atoms with Crippen LogP contribution in [0, 0.1) is 0 Å². The van der Waals surface area contributed by atoms with Crippen molar-refractivity contribution in [2.24, 2.45) is 0 Å². The summed E-state index contributed by atoms with van der Waals surface area (Å²) < 4.78 is 18.3. The Morgan fingerprint density at radius 2 is 1.24 bits per heavy atom. The largest absolute Gasteiger partial charge is 0.433 e. The number of unbranched alkanes of at least 4 members (excludes halogenated alkanes) is 13. The Hall–Kier alpha value is -0.310. The fourth-order valence-corrected chi connectivity index (χ4v) is 5.66. The van der Waals surface area contributed by atoms with Gasteiger partial charge in [-0.15, -0.1) is 0 Å². The van der Waals surface area contributed by atoms with Crippen molar-refractivity contribution < 1.29 is 18.5 Å². The Kier molecular flexibility index (Phi) is 17.2. The zero-order chi connectivity index (χ0) is 22.0. The molecule has 0 radical (unpaired) electrons. The Bertz CT molecular complexity index is 446. The highest BCUT2D eigenvalue weighted by Crippen LogP contribution is 2.52. The van der Waals surface area contributed by atoms with Crippen molar-refractivity contribution >= 4 is 7.60 Å². The van der Waals surface area contributed by atoms with E-state index in [1.807, 2.05) is 34.1 Å². The van der Waals surface area contributed by atoms with Gasteiger partial charge < -0.3 is 13.9 Å². The molecule has 5 heteroatoms. The van der Waals surface area contributed by atoms with Gasteiger partial charge in [-0.1, -0.05) is 90.9 Å². The molecule has 0 saturated carbocycles. The van der Waals surface area contributed by atoms with E-state index in [0.29, 0.717) is 10.9 Å². The Labute approximate surface area is 182 Å². The topological polar surface area (TPSA) is 46.5 Å². The lowest BCUT2D eigenvalue weighted by Crippen LogP contribution is -2.44. The summed E-state index contributed by atoms with van der Waals surface area (Å²) in [6, 6.07) is 0. The highest BCUT2D eigenvalue weighted by Gasteiger charge is 2.42. The summed E-state index contributed by atoms with van der Waals surface area (Å²) in [5.41, 5.74) is 0. The van der Waals surface area contributed by atoms with Crippen LogP contribution in [0.1, 0.15) is 117 Å². The van der Waals surface area contributed by atoms with Crippen LogP contribution in [-0.2, 0) is 9.09 Å². The van der Waals surface area contributed by atoms with Crippen LogP contribution in [0.4, 0.5) is 0 Å². The first-order chi connectivity index (χ1) is 13.8. The minimum atomic E-state index is -3.64. The molecule has 0 spiro atoms. The maximum absolute atomic E-state index is 12.6. The minimum Gasteiger partial charge on any atom is -0.429 e. The maximum atomic E-state index is 12.6. The lowest BCUT2D eigenvalue weighted by Gasteiger charge is -2.35. The van der Waals surface area contributed by atoms with Crippen LogP contribution in [-0.4, -0.2) is 36.3 Å². The van der Waals surface area contributed by atoms with E-state index in [4.69, 9.17) is 4.52 Å². The maximum Gasteiger partial charge on any atom is 0.433 e. The number of rotatable bonds is 20. The second kappa shape index (κ2) is 17.4. The molecule has 0 rings (SSSR count). The molecule has 2 atom stereocenters. The van der Waals surface area contributed by atoms with Crippen molar-refractivity contribution in [1.82, 2.24) is 0 Å². The lowest BCUT2D eigenvalue weighted by molar-refractivity contribution is -0.883. The quantitative estimate of drug-likeness (QED) is 0.0917. The zero-order valence-corrected chi connectivity index (χ0v) is 21.1. The number of hydrogen-bond donors (Lipinski definition) is 1. The third-order valence-electron chi connectivity index (χ3n) is 5.60. The van der Waals surface area contributed by atoms with E-state index in [0.717, 1.165) is 19.3 Å². The van der Waals surface area contributed by atoms with Gasteiger partial charge in [0.15, 0.2) is 0 Å². The summed E-state index contributed by atoms with van der Waals surface area (Å²) in [5, 5.41) is 0. The van der Waals surface area contributed by atoms with E-state index < -0.39 is 7.60 Å². The van der Waals surface area contributed by atoms with E-state index in [1.54, 1.807) is 0 Å².